The largest absolute Gasteiger partial charge is 0.480 e. The topological polar surface area (TPSA) is 82.2 Å². The summed E-state index contributed by atoms with van der Waals surface area (Å²) in [6.45, 7) is 0. The zero-order chi connectivity index (χ0) is 17.6. The number of H-pyrrole nitrogens is 1. The van der Waals surface area contributed by atoms with E-state index >= 15 is 0 Å². The number of carboxylic acid groups (broad SMARTS) is 1. The van der Waals surface area contributed by atoms with Crippen LogP contribution in [-0.2, 0) is 22.4 Å². The van der Waals surface area contributed by atoms with Gasteiger partial charge in [0.25, 0.3) is 0 Å². The fourth-order valence-electron chi connectivity index (χ4n) is 2.89. The Bertz CT molecular complexity index is 871. The third-order valence-electron chi connectivity index (χ3n) is 4.22. The van der Waals surface area contributed by atoms with Crippen LogP contribution in [0.4, 0.5) is 0 Å². The second-order valence-electron chi connectivity index (χ2n) is 6.01. The highest BCUT2D eigenvalue weighted by atomic mass is 16.4. The van der Waals surface area contributed by atoms with Gasteiger partial charge >= 0.3 is 5.97 Å². The molecule has 0 aliphatic heterocycles. The number of amides is 1. The Labute approximate surface area is 145 Å². The van der Waals surface area contributed by atoms with Crippen molar-refractivity contribution >= 4 is 22.8 Å². The zero-order valence-electron chi connectivity index (χ0n) is 13.7. The van der Waals surface area contributed by atoms with Gasteiger partial charge in [0.15, 0.2) is 0 Å². The number of carbonyl (C=O) groups excluding carboxylic acids is 1. The van der Waals surface area contributed by atoms with E-state index in [-0.39, 0.29) is 18.7 Å². The Balaban J connectivity index is 1.63. The van der Waals surface area contributed by atoms with Gasteiger partial charge < -0.3 is 15.4 Å². The molecule has 0 fully saturated rings. The molecule has 0 aliphatic carbocycles. The van der Waals surface area contributed by atoms with Gasteiger partial charge in [0, 0.05) is 29.9 Å². The molecule has 1 unspecified atom stereocenters. The first-order valence-corrected chi connectivity index (χ1v) is 8.24. The standard InChI is InChI=1S/C20H20N2O3/c23-19(11-10-14-6-2-1-3-7-14)22-18(20(24)25)12-15-13-21-17-9-5-4-8-16(15)17/h1-9,13,18,21H,10-12H2,(H,22,23)(H,24,25). The predicted molar refractivity (Wildman–Crippen MR) is 96.3 cm³/mol. The third kappa shape index (κ3) is 4.26. The van der Waals surface area contributed by atoms with Gasteiger partial charge in [-0.05, 0) is 23.6 Å². The van der Waals surface area contributed by atoms with Gasteiger partial charge in [-0.2, -0.15) is 0 Å². The zero-order valence-corrected chi connectivity index (χ0v) is 13.7. The van der Waals surface area contributed by atoms with Gasteiger partial charge in [0.2, 0.25) is 5.91 Å². The normalized spacial score (nSPS) is 12.0. The number of benzene rings is 2. The number of nitrogens with one attached hydrogen (secondary N) is 2. The number of aromatic amines is 1. The average Bonchev–Trinajstić information content (AvgIpc) is 3.03. The lowest BCUT2D eigenvalue weighted by atomic mass is 10.0. The van der Waals surface area contributed by atoms with Gasteiger partial charge in [-0.15, -0.1) is 0 Å². The van der Waals surface area contributed by atoms with Gasteiger partial charge in [0.05, 0.1) is 0 Å². The van der Waals surface area contributed by atoms with Crippen molar-refractivity contribution in [1.82, 2.24) is 10.3 Å². The molecule has 1 aromatic heterocycles. The Kier molecular flexibility index (Phi) is 5.14. The number of aromatic nitrogens is 1. The third-order valence-corrected chi connectivity index (χ3v) is 4.22. The number of rotatable bonds is 7. The lowest BCUT2D eigenvalue weighted by Gasteiger charge is -2.14. The van der Waals surface area contributed by atoms with Crippen LogP contribution in [0, 0.1) is 0 Å². The molecular formula is C20H20N2O3. The van der Waals surface area contributed by atoms with Crippen LogP contribution in [-0.4, -0.2) is 28.0 Å². The van der Waals surface area contributed by atoms with Crippen LogP contribution in [0.2, 0.25) is 0 Å². The lowest BCUT2D eigenvalue weighted by Crippen LogP contribution is -2.42. The number of fused-ring (bicyclic) bond motifs is 1. The Morgan fingerprint density at radius 1 is 1.04 bits per heavy atom. The summed E-state index contributed by atoms with van der Waals surface area (Å²) in [4.78, 5) is 26.8. The SMILES string of the molecule is O=C(CCc1ccccc1)NC(Cc1c[nH]c2ccccc12)C(=O)O. The van der Waals surface area contributed by atoms with Crippen LogP contribution in [0.25, 0.3) is 10.9 Å². The van der Waals surface area contributed by atoms with Crippen molar-refractivity contribution in [3.63, 3.8) is 0 Å². The van der Waals surface area contributed by atoms with Crippen molar-refractivity contribution in [1.29, 1.82) is 0 Å². The minimum Gasteiger partial charge on any atom is -0.480 e. The van der Waals surface area contributed by atoms with Gasteiger partial charge in [0.1, 0.15) is 6.04 Å². The first-order chi connectivity index (χ1) is 12.1. The van der Waals surface area contributed by atoms with Crippen molar-refractivity contribution in [2.75, 3.05) is 0 Å². The van der Waals surface area contributed by atoms with Gasteiger partial charge in [-0.3, -0.25) is 4.79 Å². The molecule has 5 nitrogen and oxygen atoms in total. The van der Waals surface area contributed by atoms with Crippen LogP contribution < -0.4 is 5.32 Å². The van der Waals surface area contributed by atoms with Crippen molar-refractivity contribution in [2.24, 2.45) is 0 Å². The van der Waals surface area contributed by atoms with E-state index in [1.54, 1.807) is 6.20 Å². The molecule has 3 aromatic rings. The second kappa shape index (κ2) is 7.66. The Morgan fingerprint density at radius 3 is 2.52 bits per heavy atom. The maximum absolute atomic E-state index is 12.1. The maximum atomic E-state index is 12.1. The van der Waals surface area contributed by atoms with Crippen LogP contribution in [0.3, 0.4) is 0 Å². The monoisotopic (exact) mass is 336 g/mol. The van der Waals surface area contributed by atoms with E-state index in [9.17, 15) is 14.7 Å². The van der Waals surface area contributed by atoms with Crippen molar-refractivity contribution in [2.45, 2.75) is 25.3 Å². The fraction of sp³-hybridized carbons (Fsp3) is 0.200. The van der Waals surface area contributed by atoms with Gasteiger partial charge in [-0.1, -0.05) is 48.5 Å². The van der Waals surface area contributed by atoms with Crippen LogP contribution in [0.15, 0.2) is 60.8 Å². The molecule has 0 radical (unpaired) electrons. The molecule has 0 spiro atoms. The fourth-order valence-corrected chi connectivity index (χ4v) is 2.89. The van der Waals surface area contributed by atoms with E-state index in [2.05, 4.69) is 10.3 Å². The van der Waals surface area contributed by atoms with Gasteiger partial charge in [-0.25, -0.2) is 4.79 Å². The first-order valence-electron chi connectivity index (χ1n) is 8.24. The molecule has 0 saturated heterocycles. The number of aliphatic carboxylic acids is 1. The van der Waals surface area contributed by atoms with E-state index < -0.39 is 12.0 Å². The number of hydrogen-bond donors (Lipinski definition) is 3. The highest BCUT2D eigenvalue weighted by Gasteiger charge is 2.21. The highest BCUT2D eigenvalue weighted by Crippen LogP contribution is 2.19. The van der Waals surface area contributed by atoms with Crippen molar-refractivity contribution in [3.05, 3.63) is 71.9 Å². The molecule has 3 N–H and O–H groups in total. The quantitative estimate of drug-likeness (QED) is 0.620. The summed E-state index contributed by atoms with van der Waals surface area (Å²) in [7, 11) is 0. The second-order valence-corrected chi connectivity index (χ2v) is 6.01. The lowest BCUT2D eigenvalue weighted by molar-refractivity contribution is -0.141. The molecule has 3 rings (SSSR count). The highest BCUT2D eigenvalue weighted by molar-refractivity contribution is 5.86. The molecule has 1 amide bonds. The molecule has 0 aliphatic rings. The summed E-state index contributed by atoms with van der Waals surface area (Å²) < 4.78 is 0. The number of carbonyl (C=O) groups is 2. The van der Waals surface area contributed by atoms with E-state index in [1.165, 1.54) is 0 Å². The smallest absolute Gasteiger partial charge is 0.326 e. The Morgan fingerprint density at radius 2 is 1.76 bits per heavy atom. The van der Waals surface area contributed by atoms with Crippen LogP contribution in [0.1, 0.15) is 17.5 Å². The van der Waals surface area contributed by atoms with Crippen molar-refractivity contribution in [3.8, 4) is 0 Å². The summed E-state index contributed by atoms with van der Waals surface area (Å²) in [5.74, 6) is -1.28. The maximum Gasteiger partial charge on any atom is 0.326 e. The minimum atomic E-state index is -1.03. The van der Waals surface area contributed by atoms with E-state index in [1.807, 2.05) is 54.6 Å². The predicted octanol–water partition coefficient (Wildman–Crippen LogP) is 2.91. The summed E-state index contributed by atoms with van der Waals surface area (Å²) in [5, 5.41) is 13.1. The summed E-state index contributed by atoms with van der Waals surface area (Å²) in [6, 6.07) is 16.4. The number of aryl methyl sites for hydroxylation is 1. The van der Waals surface area contributed by atoms with Crippen LogP contribution in [0.5, 0.6) is 0 Å². The molecule has 0 saturated carbocycles. The molecule has 1 atom stereocenters. The number of para-hydroxylation sites is 1. The summed E-state index contributed by atoms with van der Waals surface area (Å²) >= 11 is 0. The number of carboxylic acids is 1. The van der Waals surface area contributed by atoms with E-state index in [0.29, 0.717) is 6.42 Å². The summed E-state index contributed by atoms with van der Waals surface area (Å²) in [6.07, 6.45) is 2.90. The van der Waals surface area contributed by atoms with E-state index in [0.717, 1.165) is 22.0 Å². The minimum absolute atomic E-state index is 0.246. The molecular weight excluding hydrogens is 316 g/mol. The number of hydrogen-bond acceptors (Lipinski definition) is 2. The average molecular weight is 336 g/mol. The molecule has 0 bridgehead atoms. The van der Waals surface area contributed by atoms with Crippen molar-refractivity contribution < 1.29 is 14.7 Å². The summed E-state index contributed by atoms with van der Waals surface area (Å²) in [5.41, 5.74) is 2.89. The molecule has 128 valence electrons. The molecule has 25 heavy (non-hydrogen) atoms. The molecule has 1 heterocycles. The molecule has 2 aromatic carbocycles. The van der Waals surface area contributed by atoms with Crippen LogP contribution >= 0.6 is 0 Å². The molecule has 5 heteroatoms. The first kappa shape index (κ1) is 16.8. The van der Waals surface area contributed by atoms with E-state index in [4.69, 9.17) is 0 Å². The Hall–Kier alpha value is -3.08.